The molecule has 32 heavy (non-hydrogen) atoms. The van der Waals surface area contributed by atoms with Gasteiger partial charge in [0.05, 0.1) is 35.7 Å². The Kier molecular flexibility index (Phi) is 5.21. The zero-order chi connectivity index (χ0) is 21.9. The van der Waals surface area contributed by atoms with Gasteiger partial charge in [0.2, 0.25) is 0 Å². The van der Waals surface area contributed by atoms with Gasteiger partial charge in [-0.2, -0.15) is 0 Å². The van der Waals surface area contributed by atoms with Crippen molar-refractivity contribution in [1.82, 2.24) is 19.5 Å². The van der Waals surface area contributed by atoms with E-state index in [-0.39, 0.29) is 0 Å². The third kappa shape index (κ3) is 3.88. The molecule has 0 aliphatic heterocycles. The second-order valence-electron chi connectivity index (χ2n) is 7.29. The highest BCUT2D eigenvalue weighted by atomic mass is 19.1. The Morgan fingerprint density at radius 2 is 1.81 bits per heavy atom. The Balaban J connectivity index is 1.40. The minimum absolute atomic E-state index is 0.307. The predicted octanol–water partition coefficient (Wildman–Crippen LogP) is 5.43. The summed E-state index contributed by atoms with van der Waals surface area (Å²) in [5, 5.41) is 3.29. The highest BCUT2D eigenvalue weighted by molar-refractivity contribution is 5.75. The van der Waals surface area contributed by atoms with Crippen molar-refractivity contribution in [3.8, 4) is 17.0 Å². The van der Waals surface area contributed by atoms with Crippen LogP contribution < -0.4 is 10.1 Å². The number of nitrogens with one attached hydrogen (secondary N) is 1. The molecule has 0 radical (unpaired) electrons. The molecule has 0 unspecified atom stereocenters. The van der Waals surface area contributed by atoms with Gasteiger partial charge in [-0.05, 0) is 42.0 Å². The first-order valence-electron chi connectivity index (χ1n) is 10.1. The van der Waals surface area contributed by atoms with Gasteiger partial charge in [-0.25, -0.2) is 19.3 Å². The summed E-state index contributed by atoms with van der Waals surface area (Å²) in [6, 6.07) is 22.5. The van der Waals surface area contributed by atoms with Gasteiger partial charge in [0.15, 0.2) is 0 Å². The number of benzene rings is 3. The summed E-state index contributed by atoms with van der Waals surface area (Å²) in [5.41, 5.74) is 4.80. The van der Waals surface area contributed by atoms with Crippen LogP contribution in [-0.2, 0) is 6.54 Å². The van der Waals surface area contributed by atoms with Crippen molar-refractivity contribution in [3.63, 3.8) is 0 Å². The van der Waals surface area contributed by atoms with Crippen LogP contribution in [0.1, 0.15) is 5.56 Å². The Labute approximate surface area is 184 Å². The van der Waals surface area contributed by atoms with E-state index in [9.17, 15) is 4.39 Å². The van der Waals surface area contributed by atoms with Gasteiger partial charge in [-0.1, -0.05) is 30.3 Å². The molecule has 3 aromatic carbocycles. The molecule has 0 saturated carbocycles. The fraction of sp³-hybridized carbons (Fsp3) is 0.0800. The van der Waals surface area contributed by atoms with Gasteiger partial charge in [0.25, 0.3) is 0 Å². The lowest BCUT2D eigenvalue weighted by atomic mass is 10.1. The maximum absolute atomic E-state index is 14.5. The molecule has 0 saturated heterocycles. The van der Waals surface area contributed by atoms with Crippen molar-refractivity contribution >= 4 is 22.5 Å². The molecule has 5 aromatic rings. The fourth-order valence-corrected chi connectivity index (χ4v) is 3.71. The van der Waals surface area contributed by atoms with Gasteiger partial charge in [-0.3, -0.25) is 0 Å². The molecule has 1 N–H and O–H groups in total. The summed E-state index contributed by atoms with van der Waals surface area (Å²) in [5.74, 6) is 0.582. The SMILES string of the molecule is COc1cccc(F)c1-c1cc(Nc2cccc(Cn3cnc4ccccc43)c2)ncn1. The van der Waals surface area contributed by atoms with Crippen molar-refractivity contribution < 1.29 is 9.13 Å². The zero-order valence-corrected chi connectivity index (χ0v) is 17.4. The molecule has 5 rings (SSSR count). The minimum atomic E-state index is -0.399. The van der Waals surface area contributed by atoms with E-state index < -0.39 is 5.82 Å². The van der Waals surface area contributed by atoms with E-state index >= 15 is 0 Å². The maximum Gasteiger partial charge on any atom is 0.136 e. The van der Waals surface area contributed by atoms with E-state index in [0.717, 1.165) is 22.3 Å². The number of para-hydroxylation sites is 2. The second kappa shape index (κ2) is 8.47. The molecule has 158 valence electrons. The maximum atomic E-state index is 14.5. The Bertz CT molecular complexity index is 1400. The predicted molar refractivity (Wildman–Crippen MR) is 123 cm³/mol. The lowest BCUT2D eigenvalue weighted by Gasteiger charge is -2.11. The molecule has 0 bridgehead atoms. The molecule has 6 nitrogen and oxygen atoms in total. The van der Waals surface area contributed by atoms with Crippen LogP contribution in [-0.4, -0.2) is 26.6 Å². The smallest absolute Gasteiger partial charge is 0.136 e. The number of halogens is 1. The first kappa shape index (κ1) is 19.7. The molecule has 2 aromatic heterocycles. The van der Waals surface area contributed by atoms with E-state index in [4.69, 9.17) is 4.74 Å². The molecule has 0 amide bonds. The number of nitrogens with zero attached hydrogens (tertiary/aromatic N) is 4. The number of anilines is 2. The Morgan fingerprint density at radius 1 is 0.938 bits per heavy atom. The van der Waals surface area contributed by atoms with E-state index in [1.54, 1.807) is 18.2 Å². The van der Waals surface area contributed by atoms with Gasteiger partial charge in [0.1, 0.15) is 23.7 Å². The van der Waals surface area contributed by atoms with Crippen LogP contribution in [0.4, 0.5) is 15.9 Å². The van der Waals surface area contributed by atoms with Crippen LogP contribution >= 0.6 is 0 Å². The van der Waals surface area contributed by atoms with Crippen molar-refractivity contribution in [2.24, 2.45) is 0 Å². The molecule has 0 aliphatic rings. The fourth-order valence-electron chi connectivity index (χ4n) is 3.71. The van der Waals surface area contributed by atoms with Gasteiger partial charge >= 0.3 is 0 Å². The Morgan fingerprint density at radius 3 is 2.72 bits per heavy atom. The summed E-state index contributed by atoms with van der Waals surface area (Å²) < 4.78 is 21.9. The lowest BCUT2D eigenvalue weighted by Crippen LogP contribution is -2.00. The summed E-state index contributed by atoms with van der Waals surface area (Å²) >= 11 is 0. The van der Waals surface area contributed by atoms with Crippen LogP contribution in [0.2, 0.25) is 0 Å². The third-order valence-corrected chi connectivity index (χ3v) is 5.20. The van der Waals surface area contributed by atoms with Crippen LogP contribution in [0, 0.1) is 5.82 Å². The van der Waals surface area contributed by atoms with Gasteiger partial charge in [-0.15, -0.1) is 0 Å². The van der Waals surface area contributed by atoms with E-state index in [2.05, 4.69) is 43.0 Å². The quantitative estimate of drug-likeness (QED) is 0.393. The number of rotatable bonds is 6. The number of aromatic nitrogens is 4. The summed E-state index contributed by atoms with van der Waals surface area (Å²) in [6.45, 7) is 0.692. The van der Waals surface area contributed by atoms with E-state index in [1.807, 2.05) is 36.7 Å². The van der Waals surface area contributed by atoms with E-state index in [0.29, 0.717) is 29.4 Å². The van der Waals surface area contributed by atoms with Crippen molar-refractivity contribution in [2.45, 2.75) is 6.54 Å². The average molecular weight is 425 g/mol. The monoisotopic (exact) mass is 425 g/mol. The summed E-state index contributed by atoms with van der Waals surface area (Å²) in [6.07, 6.45) is 3.26. The minimum Gasteiger partial charge on any atom is -0.496 e. The van der Waals surface area contributed by atoms with Gasteiger partial charge in [0, 0.05) is 18.3 Å². The topological polar surface area (TPSA) is 64.9 Å². The molecule has 0 spiro atoms. The molecule has 0 aliphatic carbocycles. The largest absolute Gasteiger partial charge is 0.496 e. The highest BCUT2D eigenvalue weighted by Crippen LogP contribution is 2.32. The number of ether oxygens (including phenoxy) is 1. The molecule has 7 heteroatoms. The Hall–Kier alpha value is -4.26. The van der Waals surface area contributed by atoms with Crippen LogP contribution in [0.3, 0.4) is 0 Å². The van der Waals surface area contributed by atoms with Crippen molar-refractivity contribution in [2.75, 3.05) is 12.4 Å². The molecule has 2 heterocycles. The van der Waals surface area contributed by atoms with Crippen LogP contribution in [0.25, 0.3) is 22.3 Å². The molecule has 0 atom stereocenters. The highest BCUT2D eigenvalue weighted by Gasteiger charge is 2.14. The van der Waals surface area contributed by atoms with Crippen LogP contribution in [0.15, 0.2) is 85.5 Å². The normalized spacial score (nSPS) is 10.9. The van der Waals surface area contributed by atoms with Gasteiger partial charge < -0.3 is 14.6 Å². The number of imidazole rings is 1. The second-order valence-corrected chi connectivity index (χ2v) is 7.29. The first-order valence-corrected chi connectivity index (χ1v) is 10.1. The standard InChI is InChI=1S/C25H20FN5O/c1-32-23-11-5-8-19(26)25(23)21-13-24(28-15-27-21)30-18-7-4-6-17(12-18)14-31-16-29-20-9-2-3-10-22(20)31/h2-13,15-16H,14H2,1H3,(H,27,28,30). The third-order valence-electron chi connectivity index (χ3n) is 5.20. The molecular formula is C25H20FN5O. The van der Waals surface area contributed by atoms with E-state index in [1.165, 1.54) is 19.5 Å². The van der Waals surface area contributed by atoms with Crippen molar-refractivity contribution in [3.05, 3.63) is 96.8 Å². The number of hydrogen-bond donors (Lipinski definition) is 1. The summed E-state index contributed by atoms with van der Waals surface area (Å²) in [4.78, 5) is 13.0. The molecular weight excluding hydrogens is 405 g/mol. The summed E-state index contributed by atoms with van der Waals surface area (Å²) in [7, 11) is 1.51. The number of methoxy groups -OCH3 is 1. The molecule has 0 fully saturated rings. The zero-order valence-electron chi connectivity index (χ0n) is 17.4. The van der Waals surface area contributed by atoms with Crippen molar-refractivity contribution in [1.29, 1.82) is 0 Å². The first-order chi connectivity index (χ1) is 15.7. The number of hydrogen-bond acceptors (Lipinski definition) is 5. The number of fused-ring (bicyclic) bond motifs is 1. The van der Waals surface area contributed by atoms with Crippen LogP contribution in [0.5, 0.6) is 5.75 Å². The average Bonchev–Trinajstić information content (AvgIpc) is 3.22. The lowest BCUT2D eigenvalue weighted by molar-refractivity contribution is 0.413.